The van der Waals surface area contributed by atoms with Crippen LogP contribution in [0.2, 0.25) is 0 Å². The van der Waals surface area contributed by atoms with Crippen LogP contribution in [0.5, 0.6) is 0 Å². The van der Waals surface area contributed by atoms with E-state index in [9.17, 15) is 29.1 Å². The van der Waals surface area contributed by atoms with Crippen LogP contribution in [0.3, 0.4) is 0 Å². The van der Waals surface area contributed by atoms with E-state index in [1.165, 1.54) is 0 Å². The maximum Gasteiger partial charge on any atom is 0.326 e. The summed E-state index contributed by atoms with van der Waals surface area (Å²) in [6, 6.07) is -3.96. The van der Waals surface area contributed by atoms with E-state index >= 15 is 0 Å². The topological polar surface area (TPSA) is 273 Å². The molecule has 3 unspecified atom stereocenters. The summed E-state index contributed by atoms with van der Waals surface area (Å²) in [6.45, 7) is -1.13. The fourth-order valence-electron chi connectivity index (χ4n) is 2.19. The molecule has 0 heterocycles. The number of aliphatic imine (C=N–C) groups is 1. The number of carbonyl (C=O) groups excluding carboxylic acids is 3. The Labute approximate surface area is 177 Å². The zero-order valence-electron chi connectivity index (χ0n) is 16.7. The predicted octanol–water partition coefficient (Wildman–Crippen LogP) is -4.61. The highest BCUT2D eigenvalue weighted by atomic mass is 16.4. The fraction of sp³-hybridized carbons (Fsp3) is 0.625. The lowest BCUT2D eigenvalue weighted by Crippen LogP contribution is -2.55. The van der Waals surface area contributed by atoms with Gasteiger partial charge in [-0.15, -0.1) is 0 Å². The Bertz CT molecular complexity index is 681. The molecule has 0 bridgehead atoms. The van der Waals surface area contributed by atoms with Gasteiger partial charge >= 0.3 is 11.9 Å². The average molecular weight is 447 g/mol. The third-order valence-electron chi connectivity index (χ3n) is 3.82. The van der Waals surface area contributed by atoms with Gasteiger partial charge in [0.1, 0.15) is 12.1 Å². The Morgan fingerprint density at radius 2 is 1.58 bits per heavy atom. The normalized spacial score (nSPS) is 13.2. The number of hydrogen-bond donors (Lipinski definition) is 9. The summed E-state index contributed by atoms with van der Waals surface area (Å²) in [6.07, 6.45) is -0.220. The molecule has 15 heteroatoms. The number of amides is 3. The first-order valence-electron chi connectivity index (χ1n) is 9.21. The van der Waals surface area contributed by atoms with Crippen LogP contribution in [0.15, 0.2) is 4.99 Å². The molecule has 0 aromatic carbocycles. The number of nitrogens with one attached hydrogen (secondary N) is 3. The van der Waals surface area contributed by atoms with Crippen LogP contribution in [0.25, 0.3) is 0 Å². The van der Waals surface area contributed by atoms with Crippen molar-refractivity contribution in [3.8, 4) is 0 Å². The number of nitrogens with two attached hydrogens (primary N) is 3. The molecule has 31 heavy (non-hydrogen) atoms. The van der Waals surface area contributed by atoms with Gasteiger partial charge in [-0.25, -0.2) is 4.79 Å². The summed E-state index contributed by atoms with van der Waals surface area (Å²) in [5.74, 6) is -5.32. The first-order chi connectivity index (χ1) is 14.5. The average Bonchev–Trinajstić information content (AvgIpc) is 2.69. The lowest BCUT2D eigenvalue weighted by atomic mass is 10.1. The van der Waals surface area contributed by atoms with Crippen molar-refractivity contribution >= 4 is 35.6 Å². The molecule has 0 spiro atoms. The van der Waals surface area contributed by atoms with Gasteiger partial charge in [0.05, 0.1) is 19.2 Å². The minimum atomic E-state index is -1.52. The summed E-state index contributed by atoms with van der Waals surface area (Å²) in [4.78, 5) is 61.3. The van der Waals surface area contributed by atoms with Crippen molar-refractivity contribution in [2.45, 2.75) is 43.8 Å². The van der Waals surface area contributed by atoms with E-state index < -0.39 is 67.4 Å². The molecule has 176 valence electrons. The molecular formula is C16H29N7O8. The monoisotopic (exact) mass is 447 g/mol. The molecule has 0 aromatic rings. The second-order valence-electron chi connectivity index (χ2n) is 6.41. The highest BCUT2D eigenvalue weighted by Crippen LogP contribution is 1.99. The van der Waals surface area contributed by atoms with Crippen molar-refractivity contribution in [1.29, 1.82) is 0 Å². The van der Waals surface area contributed by atoms with Crippen molar-refractivity contribution in [1.82, 2.24) is 16.0 Å². The Hall–Kier alpha value is -3.46. The van der Waals surface area contributed by atoms with Gasteiger partial charge in [0.15, 0.2) is 5.96 Å². The van der Waals surface area contributed by atoms with Gasteiger partial charge in [0, 0.05) is 13.0 Å². The first-order valence-corrected chi connectivity index (χ1v) is 9.21. The second-order valence-corrected chi connectivity index (χ2v) is 6.41. The number of nitrogens with zero attached hydrogens (tertiary/aromatic N) is 1. The van der Waals surface area contributed by atoms with Gasteiger partial charge in [-0.2, -0.15) is 0 Å². The molecular weight excluding hydrogens is 418 g/mol. The van der Waals surface area contributed by atoms with Crippen LogP contribution >= 0.6 is 0 Å². The van der Waals surface area contributed by atoms with Crippen molar-refractivity contribution in [3.63, 3.8) is 0 Å². The highest BCUT2D eigenvalue weighted by Gasteiger charge is 2.26. The summed E-state index contributed by atoms with van der Waals surface area (Å²) >= 11 is 0. The van der Waals surface area contributed by atoms with E-state index in [2.05, 4.69) is 15.6 Å². The molecule has 0 rings (SSSR count). The molecule has 0 saturated heterocycles. The third-order valence-corrected chi connectivity index (χ3v) is 3.82. The number of carbonyl (C=O) groups is 5. The minimum absolute atomic E-state index is 0.0891. The smallest absolute Gasteiger partial charge is 0.326 e. The zero-order chi connectivity index (χ0) is 24.0. The van der Waals surface area contributed by atoms with Crippen LogP contribution < -0.4 is 33.2 Å². The van der Waals surface area contributed by atoms with Crippen LogP contribution in [-0.4, -0.2) is 88.8 Å². The maximum atomic E-state index is 12.1. The number of aliphatic carboxylic acids is 2. The largest absolute Gasteiger partial charge is 0.481 e. The standard InChI is InChI=1S/C16H29N7O8/c17-8(2-1-5-20-16(18)19)13(28)21-6-11(25)22-10(7-24)14(29)23-9(15(30)31)3-4-12(26)27/h8-10,24H,1-7,17H2,(H,21,28)(H,22,25)(H,23,29)(H,26,27)(H,30,31)(H4,18,19,20). The van der Waals surface area contributed by atoms with Gasteiger partial charge in [0.2, 0.25) is 17.7 Å². The molecule has 0 aliphatic carbocycles. The minimum Gasteiger partial charge on any atom is -0.481 e. The molecule has 0 radical (unpaired) electrons. The lowest BCUT2D eigenvalue weighted by Gasteiger charge is -2.20. The first kappa shape index (κ1) is 27.5. The SMILES string of the molecule is NC(N)=NCCCC(N)C(=O)NCC(=O)NC(CO)C(=O)NC(CCC(=O)O)C(=O)O. The number of aliphatic hydroxyl groups excluding tert-OH is 1. The van der Waals surface area contributed by atoms with Crippen LogP contribution in [0, 0.1) is 0 Å². The second kappa shape index (κ2) is 14.5. The van der Waals surface area contributed by atoms with E-state index in [0.29, 0.717) is 6.42 Å². The van der Waals surface area contributed by atoms with Gasteiger partial charge in [-0.1, -0.05) is 0 Å². The maximum absolute atomic E-state index is 12.1. The van der Waals surface area contributed by atoms with Gasteiger partial charge < -0.3 is 48.5 Å². The summed E-state index contributed by atoms with van der Waals surface area (Å²) in [5.41, 5.74) is 16.0. The molecule has 12 N–H and O–H groups in total. The van der Waals surface area contributed by atoms with E-state index in [0.717, 1.165) is 0 Å². The summed E-state index contributed by atoms with van der Waals surface area (Å²) < 4.78 is 0. The van der Waals surface area contributed by atoms with Gasteiger partial charge in [0.25, 0.3) is 0 Å². The number of hydrogen-bond acceptors (Lipinski definition) is 8. The van der Waals surface area contributed by atoms with Gasteiger partial charge in [-0.05, 0) is 19.3 Å². The fourth-order valence-corrected chi connectivity index (χ4v) is 2.19. The molecule has 15 nitrogen and oxygen atoms in total. The van der Waals surface area contributed by atoms with Gasteiger partial charge in [-0.3, -0.25) is 24.2 Å². The number of aliphatic hydroxyl groups is 1. The Morgan fingerprint density at radius 1 is 0.935 bits per heavy atom. The number of carboxylic acids is 2. The van der Waals surface area contributed by atoms with E-state index in [-0.39, 0.29) is 25.3 Å². The molecule has 0 aliphatic heterocycles. The van der Waals surface area contributed by atoms with Crippen LogP contribution in [0.1, 0.15) is 25.7 Å². The Balaban J connectivity index is 4.53. The van der Waals surface area contributed by atoms with Crippen molar-refractivity contribution in [2.24, 2.45) is 22.2 Å². The van der Waals surface area contributed by atoms with Crippen molar-refractivity contribution in [2.75, 3.05) is 19.7 Å². The number of carboxylic acid groups (broad SMARTS) is 2. The van der Waals surface area contributed by atoms with E-state index in [4.69, 9.17) is 27.4 Å². The summed E-state index contributed by atoms with van der Waals surface area (Å²) in [7, 11) is 0. The molecule has 0 saturated carbocycles. The van der Waals surface area contributed by atoms with Crippen molar-refractivity contribution < 1.29 is 39.3 Å². The molecule has 0 aliphatic rings. The molecule has 0 fully saturated rings. The van der Waals surface area contributed by atoms with E-state index in [1.54, 1.807) is 0 Å². The highest BCUT2D eigenvalue weighted by molar-refractivity contribution is 5.92. The van der Waals surface area contributed by atoms with Crippen LogP contribution in [-0.2, 0) is 24.0 Å². The summed E-state index contributed by atoms with van der Waals surface area (Å²) in [5, 5.41) is 33.4. The molecule has 3 atom stereocenters. The zero-order valence-corrected chi connectivity index (χ0v) is 16.7. The Kier molecular flexibility index (Phi) is 12.9. The van der Waals surface area contributed by atoms with Crippen LogP contribution in [0.4, 0.5) is 0 Å². The predicted molar refractivity (Wildman–Crippen MR) is 106 cm³/mol. The number of rotatable bonds is 15. The molecule has 0 aromatic heterocycles. The lowest BCUT2D eigenvalue weighted by molar-refractivity contribution is -0.143. The third kappa shape index (κ3) is 12.7. The molecule has 3 amide bonds. The number of guanidine groups is 1. The quantitative estimate of drug-likeness (QED) is 0.0654. The van der Waals surface area contributed by atoms with Crippen molar-refractivity contribution in [3.05, 3.63) is 0 Å². The van der Waals surface area contributed by atoms with E-state index in [1.807, 2.05) is 5.32 Å². The Morgan fingerprint density at radius 3 is 2.10 bits per heavy atom.